The van der Waals surface area contributed by atoms with E-state index in [4.69, 9.17) is 0 Å². The first-order valence-corrected chi connectivity index (χ1v) is 5.28. The molecule has 20 heavy (non-hydrogen) atoms. The van der Waals surface area contributed by atoms with Crippen molar-refractivity contribution in [2.45, 2.75) is 0 Å². The van der Waals surface area contributed by atoms with E-state index >= 15 is 0 Å². The van der Waals surface area contributed by atoms with E-state index in [-0.39, 0.29) is 17.4 Å². The van der Waals surface area contributed by atoms with Crippen molar-refractivity contribution >= 4 is 12.6 Å². The SMILES string of the molecule is O=Cc1cc(F)ccc1F.O=Cc1ccc(F)c(F)c1. The molecule has 0 N–H and O–H groups in total. The van der Waals surface area contributed by atoms with Gasteiger partial charge in [-0.15, -0.1) is 0 Å². The Morgan fingerprint density at radius 3 is 1.85 bits per heavy atom. The molecule has 0 bridgehead atoms. The molecule has 104 valence electrons. The summed E-state index contributed by atoms with van der Waals surface area (Å²) < 4.78 is 49.0. The molecule has 0 amide bonds. The van der Waals surface area contributed by atoms with Crippen molar-refractivity contribution in [3.8, 4) is 0 Å². The molecule has 0 aliphatic rings. The topological polar surface area (TPSA) is 34.1 Å². The van der Waals surface area contributed by atoms with Gasteiger partial charge in [-0.1, -0.05) is 0 Å². The maximum atomic E-state index is 12.4. The molecule has 0 saturated carbocycles. The number of benzene rings is 2. The third-order valence-electron chi connectivity index (χ3n) is 2.16. The van der Waals surface area contributed by atoms with E-state index < -0.39 is 23.3 Å². The van der Waals surface area contributed by atoms with Gasteiger partial charge in [-0.3, -0.25) is 9.59 Å². The zero-order valence-corrected chi connectivity index (χ0v) is 9.95. The Labute approximate surface area is 111 Å². The molecule has 2 aromatic rings. The van der Waals surface area contributed by atoms with E-state index in [2.05, 4.69) is 0 Å². The maximum absolute atomic E-state index is 12.4. The molecule has 0 spiro atoms. The van der Waals surface area contributed by atoms with Gasteiger partial charge in [0.25, 0.3) is 0 Å². The number of carbonyl (C=O) groups is 2. The molecule has 6 heteroatoms. The Hall–Kier alpha value is -2.50. The zero-order chi connectivity index (χ0) is 15.1. The third kappa shape index (κ3) is 4.31. The lowest BCUT2D eigenvalue weighted by Crippen LogP contribution is -1.87. The lowest BCUT2D eigenvalue weighted by atomic mass is 10.2. The summed E-state index contributed by atoms with van der Waals surface area (Å²) in [6, 6.07) is 5.70. The number of rotatable bonds is 2. The largest absolute Gasteiger partial charge is 0.298 e. The molecule has 0 saturated heterocycles. The quantitative estimate of drug-likeness (QED) is 0.624. The molecule has 0 unspecified atom stereocenters. The second-order valence-electron chi connectivity index (χ2n) is 3.58. The van der Waals surface area contributed by atoms with Gasteiger partial charge < -0.3 is 0 Å². The Balaban J connectivity index is 0.000000200. The van der Waals surface area contributed by atoms with E-state index in [9.17, 15) is 27.2 Å². The Kier molecular flexibility index (Phi) is 5.58. The maximum Gasteiger partial charge on any atom is 0.159 e. The summed E-state index contributed by atoms with van der Waals surface area (Å²) in [5.74, 6) is -3.24. The van der Waals surface area contributed by atoms with Crippen molar-refractivity contribution in [1.29, 1.82) is 0 Å². The molecular weight excluding hydrogens is 276 g/mol. The van der Waals surface area contributed by atoms with Crippen molar-refractivity contribution in [2.24, 2.45) is 0 Å². The van der Waals surface area contributed by atoms with Gasteiger partial charge >= 0.3 is 0 Å². The van der Waals surface area contributed by atoms with Crippen LogP contribution >= 0.6 is 0 Å². The molecule has 0 fully saturated rings. The van der Waals surface area contributed by atoms with Gasteiger partial charge in [-0.25, -0.2) is 17.6 Å². The minimum absolute atomic E-state index is 0.138. The summed E-state index contributed by atoms with van der Waals surface area (Å²) in [6.07, 6.45) is 0.737. The molecule has 0 heterocycles. The fourth-order valence-electron chi connectivity index (χ4n) is 1.19. The first-order valence-electron chi connectivity index (χ1n) is 5.28. The van der Waals surface area contributed by atoms with Gasteiger partial charge in [-0.2, -0.15) is 0 Å². The van der Waals surface area contributed by atoms with E-state index in [1.54, 1.807) is 0 Å². The fraction of sp³-hybridized carbons (Fsp3) is 0. The Morgan fingerprint density at radius 2 is 1.35 bits per heavy atom. The predicted octanol–water partition coefficient (Wildman–Crippen LogP) is 3.55. The van der Waals surface area contributed by atoms with Crippen LogP contribution in [0.5, 0.6) is 0 Å². The number of halogens is 4. The van der Waals surface area contributed by atoms with Gasteiger partial charge in [0.15, 0.2) is 17.9 Å². The number of hydrogen-bond acceptors (Lipinski definition) is 2. The van der Waals surface area contributed by atoms with Gasteiger partial charge in [0.05, 0.1) is 5.56 Å². The molecule has 0 radical (unpaired) electrons. The average molecular weight is 284 g/mol. The molecule has 0 aromatic heterocycles. The lowest BCUT2D eigenvalue weighted by molar-refractivity contribution is 0.111. The molecule has 2 rings (SSSR count). The molecule has 0 aliphatic carbocycles. The molecule has 0 aliphatic heterocycles. The number of carbonyl (C=O) groups excluding carboxylic acids is 2. The van der Waals surface area contributed by atoms with Gasteiger partial charge in [0.2, 0.25) is 0 Å². The van der Waals surface area contributed by atoms with Crippen molar-refractivity contribution < 1.29 is 27.2 Å². The van der Waals surface area contributed by atoms with Gasteiger partial charge in [-0.05, 0) is 36.4 Å². The van der Waals surface area contributed by atoms with Crippen molar-refractivity contribution in [2.75, 3.05) is 0 Å². The second kappa shape index (κ2) is 7.18. The van der Waals surface area contributed by atoms with Crippen LogP contribution in [-0.2, 0) is 0 Å². The lowest BCUT2D eigenvalue weighted by Gasteiger charge is -1.91. The molecule has 2 aromatic carbocycles. The van der Waals surface area contributed by atoms with Gasteiger partial charge in [0, 0.05) is 5.56 Å². The van der Waals surface area contributed by atoms with Crippen LogP contribution in [0.2, 0.25) is 0 Å². The summed E-state index contributed by atoms with van der Waals surface area (Å²) >= 11 is 0. The highest BCUT2D eigenvalue weighted by Gasteiger charge is 2.00. The highest BCUT2D eigenvalue weighted by atomic mass is 19.2. The summed E-state index contributed by atoms with van der Waals surface area (Å²) in [6.45, 7) is 0. The van der Waals surface area contributed by atoms with E-state index in [0.29, 0.717) is 6.29 Å². The van der Waals surface area contributed by atoms with Crippen molar-refractivity contribution in [1.82, 2.24) is 0 Å². The normalized spacial score (nSPS) is 9.40. The van der Waals surface area contributed by atoms with Crippen LogP contribution in [0, 0.1) is 23.3 Å². The highest BCUT2D eigenvalue weighted by Crippen LogP contribution is 2.06. The Morgan fingerprint density at radius 1 is 0.700 bits per heavy atom. The summed E-state index contributed by atoms with van der Waals surface area (Å²) in [5.41, 5.74) is -0.112. The van der Waals surface area contributed by atoms with Crippen LogP contribution < -0.4 is 0 Å². The van der Waals surface area contributed by atoms with Crippen LogP contribution in [0.4, 0.5) is 17.6 Å². The Bertz CT molecular complexity index is 627. The summed E-state index contributed by atoms with van der Waals surface area (Å²) in [4.78, 5) is 20.0. The summed E-state index contributed by atoms with van der Waals surface area (Å²) in [5, 5.41) is 0. The van der Waals surface area contributed by atoms with Crippen LogP contribution in [0.3, 0.4) is 0 Å². The molecular formula is C14H8F4O2. The number of hydrogen-bond donors (Lipinski definition) is 0. The third-order valence-corrected chi connectivity index (χ3v) is 2.16. The van der Waals surface area contributed by atoms with Crippen molar-refractivity contribution in [3.05, 3.63) is 70.8 Å². The zero-order valence-electron chi connectivity index (χ0n) is 9.95. The molecule has 2 nitrogen and oxygen atoms in total. The first-order chi connectivity index (χ1) is 9.47. The van der Waals surface area contributed by atoms with E-state index in [1.807, 2.05) is 0 Å². The van der Waals surface area contributed by atoms with E-state index in [1.165, 1.54) is 6.07 Å². The minimum Gasteiger partial charge on any atom is -0.298 e. The smallest absolute Gasteiger partial charge is 0.159 e. The predicted molar refractivity (Wildman–Crippen MR) is 63.5 cm³/mol. The summed E-state index contributed by atoms with van der Waals surface area (Å²) in [7, 11) is 0. The molecule has 0 atom stereocenters. The highest BCUT2D eigenvalue weighted by molar-refractivity contribution is 5.75. The fourth-order valence-corrected chi connectivity index (χ4v) is 1.19. The monoisotopic (exact) mass is 284 g/mol. The van der Waals surface area contributed by atoms with Crippen LogP contribution in [0.1, 0.15) is 20.7 Å². The minimum atomic E-state index is -0.996. The standard InChI is InChI=1S/2C7H4F2O/c8-6-1-2-7(9)5(3-6)4-10;8-6-2-1-5(4-10)3-7(6)9/h2*1-4H. The van der Waals surface area contributed by atoms with Crippen molar-refractivity contribution in [3.63, 3.8) is 0 Å². The van der Waals surface area contributed by atoms with Crippen LogP contribution in [0.25, 0.3) is 0 Å². The number of aldehydes is 2. The average Bonchev–Trinajstić information content (AvgIpc) is 2.45. The van der Waals surface area contributed by atoms with Crippen LogP contribution in [0.15, 0.2) is 36.4 Å². The second-order valence-corrected chi connectivity index (χ2v) is 3.58. The van der Waals surface area contributed by atoms with Crippen LogP contribution in [-0.4, -0.2) is 12.6 Å². The van der Waals surface area contributed by atoms with Gasteiger partial charge in [0.1, 0.15) is 17.9 Å². The van der Waals surface area contributed by atoms with E-state index in [0.717, 1.165) is 30.3 Å². The first kappa shape index (κ1) is 15.6.